The maximum atomic E-state index is 13.4. The fourth-order valence-corrected chi connectivity index (χ4v) is 5.76. The first-order valence-electron chi connectivity index (χ1n) is 14.1. The number of nitrogens with zero attached hydrogens (tertiary/aromatic N) is 6. The third-order valence-corrected chi connectivity index (χ3v) is 7.75. The van der Waals surface area contributed by atoms with E-state index in [0.717, 1.165) is 5.69 Å². The highest BCUT2D eigenvalue weighted by Crippen LogP contribution is 2.39. The fourth-order valence-electron chi connectivity index (χ4n) is 5.76. The number of rotatable bonds is 10. The van der Waals surface area contributed by atoms with Crippen molar-refractivity contribution in [3.63, 3.8) is 0 Å². The first-order chi connectivity index (χ1) is 21.1. The summed E-state index contributed by atoms with van der Waals surface area (Å²) in [7, 11) is 1.50. The Morgan fingerprint density at radius 3 is 2.43 bits per heavy atom. The molecule has 0 unspecified atom stereocenters. The zero-order valence-corrected chi connectivity index (χ0v) is 24.5. The Balaban J connectivity index is 1.33. The maximum Gasteiger partial charge on any atom is 0.276 e. The predicted octanol–water partition coefficient (Wildman–Crippen LogP) is 2.37. The third kappa shape index (κ3) is 4.81. The van der Waals surface area contributed by atoms with Crippen LogP contribution in [0.5, 0.6) is 11.5 Å². The molecule has 3 aromatic heterocycles. The van der Waals surface area contributed by atoms with Gasteiger partial charge in [0.15, 0.2) is 0 Å². The summed E-state index contributed by atoms with van der Waals surface area (Å²) in [6, 6.07) is 7.82. The summed E-state index contributed by atoms with van der Waals surface area (Å²) in [5, 5.41) is 7.33. The minimum atomic E-state index is -0.611. The Hall–Kier alpha value is -5.60. The monoisotopic (exact) mass is 600 g/mol. The van der Waals surface area contributed by atoms with E-state index >= 15 is 0 Å². The largest absolute Gasteiger partial charge is 0.494 e. The van der Waals surface area contributed by atoms with Crippen molar-refractivity contribution in [1.29, 1.82) is 0 Å². The standard InChI is InChI=1S/C29H32N10O5/c1-4-38-20(8-14(2)36-38)27(42)35-29-34-19-10-16(26(31)41)12-22-24(19)39(29)17(13-44-22)6-5-7-37-23-18(33-28(37)32)9-15(25(30)40)11-21(23)43-3/h8-12,17H,4-7,13H2,1-3H3,(H2,30,40)(H2,31,41)(H2,32,33)(H,34,35,42)/t17-/m0/s1. The number of carbonyl (C=O) groups excluding carboxylic acids is 3. The molecule has 228 valence electrons. The van der Waals surface area contributed by atoms with Gasteiger partial charge >= 0.3 is 0 Å². The Labute approximate surface area is 250 Å². The average molecular weight is 601 g/mol. The number of aromatic nitrogens is 6. The van der Waals surface area contributed by atoms with Gasteiger partial charge in [-0.05, 0) is 57.0 Å². The molecule has 5 aromatic rings. The number of ether oxygens (including phenoxy) is 2. The molecule has 0 radical (unpaired) electrons. The van der Waals surface area contributed by atoms with E-state index in [0.29, 0.717) is 71.1 Å². The molecule has 1 aliphatic heterocycles. The number of amides is 3. The van der Waals surface area contributed by atoms with Crippen molar-refractivity contribution in [2.24, 2.45) is 11.5 Å². The number of nitrogens with two attached hydrogens (primary N) is 3. The lowest BCUT2D eigenvalue weighted by atomic mass is 10.1. The second-order valence-electron chi connectivity index (χ2n) is 10.6. The average Bonchev–Trinajstić information content (AvgIpc) is 3.66. The number of primary amides is 2. The van der Waals surface area contributed by atoms with E-state index < -0.39 is 11.8 Å². The molecule has 0 bridgehead atoms. The van der Waals surface area contributed by atoms with Crippen molar-refractivity contribution in [2.45, 2.75) is 45.8 Å². The number of carbonyl (C=O) groups is 3. The molecule has 4 heterocycles. The van der Waals surface area contributed by atoms with Crippen LogP contribution in [0.25, 0.3) is 22.1 Å². The Kier molecular flexibility index (Phi) is 7.07. The molecule has 0 saturated carbocycles. The first kappa shape index (κ1) is 28.5. The summed E-state index contributed by atoms with van der Waals surface area (Å²) >= 11 is 0. The maximum absolute atomic E-state index is 13.4. The number of nitrogens with one attached hydrogen (secondary N) is 1. The number of hydrogen-bond acceptors (Lipinski definition) is 9. The molecule has 0 fully saturated rings. The van der Waals surface area contributed by atoms with Crippen LogP contribution in [0.1, 0.15) is 62.7 Å². The number of aryl methyl sites for hydroxylation is 3. The number of benzene rings is 2. The molecular formula is C29H32N10O5. The molecule has 44 heavy (non-hydrogen) atoms. The molecule has 1 atom stereocenters. The minimum Gasteiger partial charge on any atom is -0.494 e. The lowest BCUT2D eigenvalue weighted by Crippen LogP contribution is -2.26. The molecule has 0 saturated heterocycles. The molecule has 6 rings (SSSR count). The number of imidazole rings is 2. The van der Waals surface area contributed by atoms with Crippen LogP contribution in [0.15, 0.2) is 30.3 Å². The van der Waals surface area contributed by atoms with Crippen LogP contribution in [-0.2, 0) is 13.1 Å². The Morgan fingerprint density at radius 2 is 1.75 bits per heavy atom. The highest BCUT2D eigenvalue weighted by molar-refractivity contribution is 6.04. The van der Waals surface area contributed by atoms with Crippen LogP contribution in [0.3, 0.4) is 0 Å². The van der Waals surface area contributed by atoms with Gasteiger partial charge in [0, 0.05) is 24.2 Å². The van der Waals surface area contributed by atoms with Crippen molar-refractivity contribution >= 4 is 51.7 Å². The van der Waals surface area contributed by atoms with Crippen LogP contribution >= 0.6 is 0 Å². The number of fused-ring (bicyclic) bond motifs is 1. The predicted molar refractivity (Wildman–Crippen MR) is 162 cm³/mol. The lowest BCUT2D eigenvalue weighted by Gasteiger charge is -2.27. The molecule has 0 aliphatic carbocycles. The summed E-state index contributed by atoms with van der Waals surface area (Å²) < 4.78 is 17.0. The van der Waals surface area contributed by atoms with E-state index in [1.807, 2.05) is 23.0 Å². The van der Waals surface area contributed by atoms with Gasteiger partial charge in [-0.1, -0.05) is 0 Å². The van der Waals surface area contributed by atoms with Gasteiger partial charge in [-0.3, -0.25) is 24.4 Å². The summed E-state index contributed by atoms with van der Waals surface area (Å²) in [4.78, 5) is 46.3. The SMILES string of the molecule is CCn1nc(C)cc1C(=O)Nc1nc2cc(C(N)=O)cc3c2n1[C@@H](CCCn1c(N)nc2cc(C(N)=O)cc(OC)c21)CO3. The zero-order valence-electron chi connectivity index (χ0n) is 24.5. The number of nitrogen functional groups attached to an aromatic ring is 1. The summed E-state index contributed by atoms with van der Waals surface area (Å²) in [5.74, 6) is -0.0946. The van der Waals surface area contributed by atoms with Crippen molar-refractivity contribution in [3.05, 3.63) is 52.8 Å². The van der Waals surface area contributed by atoms with Crippen LogP contribution in [0.4, 0.5) is 11.9 Å². The number of anilines is 2. The molecule has 15 heteroatoms. The van der Waals surface area contributed by atoms with Gasteiger partial charge in [-0.25, -0.2) is 9.97 Å². The number of hydrogen-bond donors (Lipinski definition) is 4. The Morgan fingerprint density at radius 1 is 1.05 bits per heavy atom. The lowest BCUT2D eigenvalue weighted by molar-refractivity contribution is 0.0991. The fraction of sp³-hybridized carbons (Fsp3) is 0.310. The van der Waals surface area contributed by atoms with Gasteiger partial charge in [0.2, 0.25) is 23.7 Å². The van der Waals surface area contributed by atoms with E-state index in [-0.39, 0.29) is 35.6 Å². The van der Waals surface area contributed by atoms with Crippen molar-refractivity contribution in [3.8, 4) is 11.5 Å². The summed E-state index contributed by atoms with van der Waals surface area (Å²) in [6.45, 7) is 5.00. The van der Waals surface area contributed by atoms with Gasteiger partial charge in [-0.2, -0.15) is 5.10 Å². The molecule has 0 spiro atoms. The van der Waals surface area contributed by atoms with Crippen molar-refractivity contribution < 1.29 is 23.9 Å². The van der Waals surface area contributed by atoms with Crippen molar-refractivity contribution in [1.82, 2.24) is 28.9 Å². The van der Waals surface area contributed by atoms with Crippen LogP contribution in [0, 0.1) is 6.92 Å². The molecule has 1 aliphatic rings. The van der Waals surface area contributed by atoms with E-state index in [2.05, 4.69) is 20.4 Å². The van der Waals surface area contributed by atoms with Gasteiger partial charge in [-0.15, -0.1) is 0 Å². The highest BCUT2D eigenvalue weighted by atomic mass is 16.5. The summed E-state index contributed by atoms with van der Waals surface area (Å²) in [5.41, 5.74) is 21.2. The highest BCUT2D eigenvalue weighted by Gasteiger charge is 2.30. The van der Waals surface area contributed by atoms with E-state index in [4.69, 9.17) is 26.7 Å². The molecule has 7 N–H and O–H groups in total. The first-order valence-corrected chi connectivity index (χ1v) is 14.1. The van der Waals surface area contributed by atoms with E-state index in [1.54, 1.807) is 35.0 Å². The molecular weight excluding hydrogens is 568 g/mol. The third-order valence-electron chi connectivity index (χ3n) is 7.75. The quantitative estimate of drug-likeness (QED) is 0.185. The second-order valence-corrected chi connectivity index (χ2v) is 10.6. The number of methoxy groups -OCH3 is 1. The van der Waals surface area contributed by atoms with Gasteiger partial charge in [0.25, 0.3) is 5.91 Å². The summed E-state index contributed by atoms with van der Waals surface area (Å²) in [6.07, 6.45) is 1.24. The zero-order chi connectivity index (χ0) is 31.3. The molecule has 3 amide bonds. The molecule has 15 nitrogen and oxygen atoms in total. The Bertz CT molecular complexity index is 1970. The van der Waals surface area contributed by atoms with Gasteiger partial charge in [0.05, 0.1) is 29.9 Å². The smallest absolute Gasteiger partial charge is 0.276 e. The molecule has 2 aromatic carbocycles. The normalized spacial score (nSPS) is 14.1. The van der Waals surface area contributed by atoms with E-state index in [9.17, 15) is 14.4 Å². The van der Waals surface area contributed by atoms with Gasteiger partial charge < -0.3 is 35.8 Å². The van der Waals surface area contributed by atoms with Crippen molar-refractivity contribution in [2.75, 3.05) is 24.8 Å². The van der Waals surface area contributed by atoms with Gasteiger partial charge in [0.1, 0.15) is 34.8 Å². The van der Waals surface area contributed by atoms with Crippen LogP contribution in [-0.4, -0.2) is 60.3 Å². The van der Waals surface area contributed by atoms with E-state index in [1.165, 1.54) is 7.11 Å². The minimum absolute atomic E-state index is 0.223. The van der Waals surface area contributed by atoms with Crippen LogP contribution in [0.2, 0.25) is 0 Å². The second kappa shape index (κ2) is 10.9. The topological polar surface area (TPSA) is 213 Å². The van der Waals surface area contributed by atoms with Crippen LogP contribution < -0.4 is 32.0 Å².